The monoisotopic (exact) mass is 356 g/mol. The Morgan fingerprint density at radius 2 is 1.81 bits per heavy atom. The van der Waals surface area contributed by atoms with E-state index in [1.165, 1.54) is 5.56 Å². The van der Waals surface area contributed by atoms with E-state index in [4.69, 9.17) is 4.98 Å². The van der Waals surface area contributed by atoms with Crippen molar-refractivity contribution in [1.82, 2.24) is 19.3 Å². The van der Waals surface area contributed by atoms with Gasteiger partial charge in [0.05, 0.1) is 17.5 Å². The van der Waals surface area contributed by atoms with E-state index < -0.39 is 6.10 Å². The van der Waals surface area contributed by atoms with E-state index in [-0.39, 0.29) is 0 Å². The molecule has 0 radical (unpaired) electrons. The van der Waals surface area contributed by atoms with Crippen LogP contribution >= 0.6 is 0 Å². The highest BCUT2D eigenvalue weighted by Gasteiger charge is 2.25. The lowest BCUT2D eigenvalue weighted by molar-refractivity contribution is 0.0874. The molecule has 0 unspecified atom stereocenters. The van der Waals surface area contributed by atoms with Gasteiger partial charge in [-0.05, 0) is 17.2 Å². The van der Waals surface area contributed by atoms with Gasteiger partial charge in [-0.3, -0.25) is 9.30 Å². The topological polar surface area (TPSA) is 53.7 Å². The third-order valence-electron chi connectivity index (χ3n) is 5.16. The Hall–Kier alpha value is -3.02. The van der Waals surface area contributed by atoms with Crippen molar-refractivity contribution in [2.24, 2.45) is 0 Å². The van der Waals surface area contributed by atoms with E-state index in [2.05, 4.69) is 32.5 Å². The summed E-state index contributed by atoms with van der Waals surface area (Å²) in [5.74, 6) is 0.698. The van der Waals surface area contributed by atoms with Gasteiger partial charge in [0.25, 0.3) is 0 Å². The summed E-state index contributed by atoms with van der Waals surface area (Å²) >= 11 is 0. The van der Waals surface area contributed by atoms with Gasteiger partial charge in [-0.15, -0.1) is 0 Å². The molecular formula is C22H20N4O. The zero-order chi connectivity index (χ0) is 18.2. The van der Waals surface area contributed by atoms with Gasteiger partial charge in [0, 0.05) is 37.6 Å². The van der Waals surface area contributed by atoms with Crippen molar-refractivity contribution in [3.05, 3.63) is 89.9 Å². The smallest absolute Gasteiger partial charge is 0.234 e. The van der Waals surface area contributed by atoms with E-state index >= 15 is 0 Å². The number of aliphatic hydroxyl groups excluding tert-OH is 1. The standard InChI is InChI=1S/C22H20N4O/c27-20-15-25(13-17-9-4-5-10-18(17)20)14-19-21(16-7-2-1-3-8-16)24-22-23-11-6-12-26(19)22/h1-12,20,27H,13-15H2/t20-/m0/s1. The fraction of sp³-hybridized carbons (Fsp3) is 0.182. The number of β-amino-alcohol motifs (C(OH)–C–C–N with tert-alkyl or cyclic N) is 1. The molecule has 5 nitrogen and oxygen atoms in total. The Kier molecular flexibility index (Phi) is 3.96. The van der Waals surface area contributed by atoms with Crippen molar-refractivity contribution in [3.63, 3.8) is 0 Å². The molecule has 0 amide bonds. The quantitative estimate of drug-likeness (QED) is 0.611. The van der Waals surface area contributed by atoms with E-state index in [1.54, 1.807) is 6.20 Å². The summed E-state index contributed by atoms with van der Waals surface area (Å²) in [5, 5.41) is 10.6. The fourth-order valence-electron chi connectivity index (χ4n) is 3.90. The fourth-order valence-corrected chi connectivity index (χ4v) is 3.90. The molecule has 3 heterocycles. The molecule has 0 bridgehead atoms. The van der Waals surface area contributed by atoms with Crippen molar-refractivity contribution < 1.29 is 5.11 Å². The summed E-state index contributed by atoms with van der Waals surface area (Å²) in [6.45, 7) is 2.12. The first-order valence-electron chi connectivity index (χ1n) is 9.15. The van der Waals surface area contributed by atoms with Crippen LogP contribution in [0.3, 0.4) is 0 Å². The summed E-state index contributed by atoms with van der Waals surface area (Å²) in [6.07, 6.45) is 3.31. The molecule has 0 saturated heterocycles. The largest absolute Gasteiger partial charge is 0.387 e. The van der Waals surface area contributed by atoms with Crippen LogP contribution in [0.2, 0.25) is 0 Å². The van der Waals surface area contributed by atoms with Gasteiger partial charge in [0.1, 0.15) is 0 Å². The summed E-state index contributed by atoms with van der Waals surface area (Å²) in [4.78, 5) is 11.5. The highest BCUT2D eigenvalue weighted by molar-refractivity contribution is 5.65. The Morgan fingerprint density at radius 1 is 1.00 bits per heavy atom. The average Bonchev–Trinajstić information content (AvgIpc) is 3.07. The van der Waals surface area contributed by atoms with Gasteiger partial charge in [0.15, 0.2) is 0 Å². The minimum absolute atomic E-state index is 0.465. The maximum absolute atomic E-state index is 10.6. The normalized spacial score (nSPS) is 17.1. The molecule has 5 rings (SSSR count). The van der Waals surface area contributed by atoms with Crippen LogP contribution in [0.1, 0.15) is 22.9 Å². The predicted molar refractivity (Wildman–Crippen MR) is 104 cm³/mol. The third-order valence-corrected chi connectivity index (χ3v) is 5.16. The number of aliphatic hydroxyl groups is 1. The average molecular weight is 356 g/mol. The van der Waals surface area contributed by atoms with Crippen molar-refractivity contribution >= 4 is 5.78 Å². The first kappa shape index (κ1) is 16.2. The van der Waals surface area contributed by atoms with Crippen molar-refractivity contribution in [1.29, 1.82) is 0 Å². The van der Waals surface area contributed by atoms with E-state index in [9.17, 15) is 5.11 Å². The van der Waals surface area contributed by atoms with Gasteiger partial charge in [-0.25, -0.2) is 9.97 Å². The molecule has 5 heteroatoms. The van der Waals surface area contributed by atoms with Crippen LogP contribution in [-0.4, -0.2) is 30.9 Å². The maximum atomic E-state index is 10.6. The lowest BCUT2D eigenvalue weighted by Crippen LogP contribution is -2.33. The summed E-state index contributed by atoms with van der Waals surface area (Å²) in [6, 6.07) is 20.3. The molecule has 1 aliphatic rings. The second-order valence-corrected chi connectivity index (χ2v) is 6.95. The Labute approximate surface area is 157 Å². The molecule has 0 spiro atoms. The summed E-state index contributed by atoms with van der Waals surface area (Å²) < 4.78 is 2.05. The number of fused-ring (bicyclic) bond motifs is 2. The van der Waals surface area contributed by atoms with Crippen LogP contribution in [0.5, 0.6) is 0 Å². The first-order chi connectivity index (χ1) is 13.3. The molecule has 1 N–H and O–H groups in total. The Bertz CT molecular complexity index is 1090. The van der Waals surface area contributed by atoms with Crippen LogP contribution in [0.4, 0.5) is 0 Å². The molecule has 27 heavy (non-hydrogen) atoms. The molecule has 0 fully saturated rings. The lowest BCUT2D eigenvalue weighted by atomic mass is 9.97. The molecule has 2 aromatic carbocycles. The number of hydrogen-bond acceptors (Lipinski definition) is 4. The van der Waals surface area contributed by atoms with Crippen LogP contribution < -0.4 is 0 Å². The Balaban J connectivity index is 1.56. The van der Waals surface area contributed by atoms with Crippen molar-refractivity contribution in [2.45, 2.75) is 19.2 Å². The number of rotatable bonds is 3. The zero-order valence-electron chi connectivity index (χ0n) is 14.9. The van der Waals surface area contributed by atoms with Crippen molar-refractivity contribution in [3.8, 4) is 11.3 Å². The van der Waals surface area contributed by atoms with Crippen LogP contribution in [-0.2, 0) is 13.1 Å². The molecule has 0 aliphatic carbocycles. The molecule has 1 atom stereocenters. The van der Waals surface area contributed by atoms with Gasteiger partial charge >= 0.3 is 0 Å². The third kappa shape index (κ3) is 2.91. The number of hydrogen-bond donors (Lipinski definition) is 1. The highest BCUT2D eigenvalue weighted by Crippen LogP contribution is 2.30. The van der Waals surface area contributed by atoms with Crippen LogP contribution in [0.25, 0.3) is 17.0 Å². The molecule has 4 aromatic rings. The summed E-state index contributed by atoms with van der Waals surface area (Å²) in [7, 11) is 0. The minimum Gasteiger partial charge on any atom is -0.387 e. The SMILES string of the molecule is O[C@H]1CN(Cc2c(-c3ccccc3)nc3ncccn23)Cc2ccccc21. The number of aromatic nitrogens is 3. The number of benzene rings is 2. The van der Waals surface area contributed by atoms with E-state index in [0.717, 1.165) is 29.1 Å². The molecule has 2 aromatic heterocycles. The minimum atomic E-state index is -0.465. The van der Waals surface area contributed by atoms with Crippen LogP contribution in [0.15, 0.2) is 73.1 Å². The molecule has 1 aliphatic heterocycles. The highest BCUT2D eigenvalue weighted by atomic mass is 16.3. The second kappa shape index (κ2) is 6.61. The number of nitrogens with zero attached hydrogens (tertiary/aromatic N) is 4. The predicted octanol–water partition coefficient (Wildman–Crippen LogP) is 3.45. The van der Waals surface area contributed by atoms with Gasteiger partial charge in [0.2, 0.25) is 5.78 Å². The van der Waals surface area contributed by atoms with Gasteiger partial charge in [-0.2, -0.15) is 0 Å². The zero-order valence-corrected chi connectivity index (χ0v) is 14.9. The first-order valence-corrected chi connectivity index (χ1v) is 9.15. The molecule has 134 valence electrons. The number of imidazole rings is 1. The van der Waals surface area contributed by atoms with Crippen molar-refractivity contribution in [2.75, 3.05) is 6.54 Å². The van der Waals surface area contributed by atoms with E-state index in [1.807, 2.05) is 48.7 Å². The van der Waals surface area contributed by atoms with Crippen LogP contribution in [0, 0.1) is 0 Å². The Morgan fingerprint density at radius 3 is 2.70 bits per heavy atom. The summed E-state index contributed by atoms with van der Waals surface area (Å²) in [5.41, 5.74) is 5.34. The second-order valence-electron chi connectivity index (χ2n) is 6.95. The van der Waals surface area contributed by atoms with E-state index in [0.29, 0.717) is 18.9 Å². The maximum Gasteiger partial charge on any atom is 0.234 e. The molecular weight excluding hydrogens is 336 g/mol. The van der Waals surface area contributed by atoms with Gasteiger partial charge in [-0.1, -0.05) is 54.6 Å². The molecule has 0 saturated carbocycles. The lowest BCUT2D eigenvalue weighted by Gasteiger charge is -2.32. The van der Waals surface area contributed by atoms with Gasteiger partial charge < -0.3 is 5.11 Å².